The van der Waals surface area contributed by atoms with E-state index in [1.165, 1.54) is 7.11 Å². The van der Waals surface area contributed by atoms with E-state index in [0.717, 1.165) is 39.3 Å². The number of hydrogen-bond acceptors (Lipinski definition) is 6. The Bertz CT molecular complexity index is 796. The summed E-state index contributed by atoms with van der Waals surface area (Å²) in [5, 5.41) is 3.43. The van der Waals surface area contributed by atoms with E-state index in [1.54, 1.807) is 24.3 Å². The highest BCUT2D eigenvalue weighted by Crippen LogP contribution is 2.24. The summed E-state index contributed by atoms with van der Waals surface area (Å²) in [6.07, 6.45) is 0.818. The number of carbonyl (C=O) groups is 1. The first kappa shape index (κ1) is 17.4. The van der Waals surface area contributed by atoms with Crippen molar-refractivity contribution in [2.45, 2.75) is 6.42 Å². The number of carbonyl (C=O) groups excluding carboxylic acids is 1. The lowest BCUT2D eigenvalue weighted by atomic mass is 10.1. The van der Waals surface area contributed by atoms with Gasteiger partial charge in [-0.2, -0.15) is 0 Å². The van der Waals surface area contributed by atoms with Crippen molar-refractivity contribution in [3.63, 3.8) is 0 Å². The van der Waals surface area contributed by atoms with Crippen LogP contribution in [-0.2, 0) is 4.74 Å². The Kier molecular flexibility index (Phi) is 5.67. The summed E-state index contributed by atoms with van der Waals surface area (Å²) in [5.41, 5.74) is -0.311. The molecule has 1 aromatic heterocycles. The second-order valence-corrected chi connectivity index (χ2v) is 5.89. The predicted octanol–water partition coefficient (Wildman–Crippen LogP) is 1.25. The largest absolute Gasteiger partial charge is 0.493 e. The van der Waals surface area contributed by atoms with Crippen molar-refractivity contribution in [3.05, 3.63) is 40.2 Å². The third-order valence-corrected chi connectivity index (χ3v) is 4.23. The van der Waals surface area contributed by atoms with E-state index in [2.05, 4.69) is 10.2 Å². The van der Waals surface area contributed by atoms with Gasteiger partial charge in [0.15, 0.2) is 11.3 Å². The number of para-hydroxylation sites is 1. The maximum atomic E-state index is 12.3. The van der Waals surface area contributed by atoms with Crippen LogP contribution in [0.5, 0.6) is 5.75 Å². The minimum Gasteiger partial charge on any atom is -0.493 e. The fourth-order valence-corrected chi connectivity index (χ4v) is 2.86. The van der Waals surface area contributed by atoms with E-state index in [-0.39, 0.29) is 5.56 Å². The molecule has 2 heterocycles. The van der Waals surface area contributed by atoms with Crippen LogP contribution in [0.3, 0.4) is 0 Å². The van der Waals surface area contributed by atoms with Gasteiger partial charge in [0.25, 0.3) is 5.91 Å². The summed E-state index contributed by atoms with van der Waals surface area (Å²) >= 11 is 0. The Hall–Kier alpha value is -2.38. The van der Waals surface area contributed by atoms with Crippen molar-refractivity contribution in [2.24, 2.45) is 0 Å². The first-order chi connectivity index (χ1) is 12.2. The fraction of sp³-hybridized carbons (Fsp3) is 0.444. The molecule has 1 aromatic carbocycles. The van der Waals surface area contributed by atoms with Crippen LogP contribution in [-0.4, -0.2) is 57.3 Å². The van der Waals surface area contributed by atoms with Crippen molar-refractivity contribution in [2.75, 3.05) is 46.5 Å². The molecule has 7 heteroatoms. The Morgan fingerprint density at radius 3 is 2.88 bits per heavy atom. The summed E-state index contributed by atoms with van der Waals surface area (Å²) in [6.45, 7) is 4.76. The molecule has 2 aromatic rings. The molecule has 0 aliphatic carbocycles. The minimum absolute atomic E-state index is 0.00660. The maximum absolute atomic E-state index is 12.3. The van der Waals surface area contributed by atoms with E-state index >= 15 is 0 Å². The molecule has 0 atom stereocenters. The van der Waals surface area contributed by atoms with Gasteiger partial charge in [0.2, 0.25) is 0 Å². The Morgan fingerprint density at radius 1 is 1.32 bits per heavy atom. The van der Waals surface area contributed by atoms with Crippen LogP contribution in [0.15, 0.2) is 33.5 Å². The molecular weight excluding hydrogens is 324 g/mol. The van der Waals surface area contributed by atoms with Crippen LogP contribution in [0.25, 0.3) is 11.0 Å². The van der Waals surface area contributed by atoms with Crippen molar-refractivity contribution in [1.29, 1.82) is 0 Å². The molecule has 1 aliphatic heterocycles. The SMILES string of the molecule is COc1cccc2cc(C(=O)NCCCN3CCOCC3)c(=O)oc12. The smallest absolute Gasteiger partial charge is 0.349 e. The molecule has 1 N–H and O–H groups in total. The lowest BCUT2D eigenvalue weighted by molar-refractivity contribution is 0.0374. The van der Waals surface area contributed by atoms with Crippen LogP contribution < -0.4 is 15.7 Å². The van der Waals surface area contributed by atoms with Crippen LogP contribution in [0.1, 0.15) is 16.8 Å². The van der Waals surface area contributed by atoms with Gasteiger partial charge in [0.05, 0.1) is 20.3 Å². The number of ether oxygens (including phenoxy) is 2. The highest BCUT2D eigenvalue weighted by atomic mass is 16.5. The number of fused-ring (bicyclic) bond motifs is 1. The number of nitrogens with one attached hydrogen (secondary N) is 1. The number of rotatable bonds is 6. The van der Waals surface area contributed by atoms with Crippen molar-refractivity contribution in [3.8, 4) is 5.75 Å². The molecule has 25 heavy (non-hydrogen) atoms. The van der Waals surface area contributed by atoms with Crippen molar-refractivity contribution in [1.82, 2.24) is 10.2 Å². The number of benzene rings is 1. The molecule has 0 unspecified atom stereocenters. The second kappa shape index (κ2) is 8.13. The molecule has 1 aliphatic rings. The molecule has 0 radical (unpaired) electrons. The molecule has 3 rings (SSSR count). The average molecular weight is 346 g/mol. The zero-order chi connectivity index (χ0) is 17.6. The number of nitrogens with zero attached hydrogens (tertiary/aromatic N) is 1. The van der Waals surface area contributed by atoms with Gasteiger partial charge in [-0.15, -0.1) is 0 Å². The Labute approximate surface area is 145 Å². The molecule has 1 amide bonds. The van der Waals surface area contributed by atoms with Gasteiger partial charge in [0, 0.05) is 25.0 Å². The fourth-order valence-electron chi connectivity index (χ4n) is 2.86. The van der Waals surface area contributed by atoms with Gasteiger partial charge in [-0.1, -0.05) is 12.1 Å². The Morgan fingerprint density at radius 2 is 2.12 bits per heavy atom. The Balaban J connectivity index is 1.61. The van der Waals surface area contributed by atoms with Gasteiger partial charge < -0.3 is 19.2 Å². The van der Waals surface area contributed by atoms with Gasteiger partial charge in [-0.25, -0.2) is 4.79 Å². The normalized spacial score (nSPS) is 15.2. The van der Waals surface area contributed by atoms with Gasteiger partial charge in [-0.3, -0.25) is 9.69 Å². The lowest BCUT2D eigenvalue weighted by Gasteiger charge is -2.26. The van der Waals surface area contributed by atoms with Crippen LogP contribution in [0.4, 0.5) is 0 Å². The van der Waals surface area contributed by atoms with Crippen LogP contribution in [0, 0.1) is 0 Å². The first-order valence-electron chi connectivity index (χ1n) is 8.38. The summed E-state index contributed by atoms with van der Waals surface area (Å²) in [4.78, 5) is 26.7. The van der Waals surface area contributed by atoms with E-state index in [4.69, 9.17) is 13.9 Å². The summed E-state index contributed by atoms with van der Waals surface area (Å²) in [6, 6.07) is 6.80. The molecule has 1 fully saturated rings. The number of amides is 1. The third-order valence-electron chi connectivity index (χ3n) is 4.23. The third kappa shape index (κ3) is 4.18. The predicted molar refractivity (Wildman–Crippen MR) is 93.2 cm³/mol. The molecule has 1 saturated heterocycles. The first-order valence-corrected chi connectivity index (χ1v) is 8.38. The standard InChI is InChI=1S/C18H22N2O5/c1-23-15-5-2-4-13-12-14(18(22)25-16(13)15)17(21)19-6-3-7-20-8-10-24-11-9-20/h2,4-5,12H,3,6-11H2,1H3,(H,19,21). The number of hydrogen-bond donors (Lipinski definition) is 1. The van der Waals surface area contributed by atoms with Gasteiger partial charge in [0.1, 0.15) is 5.56 Å². The zero-order valence-electron chi connectivity index (χ0n) is 14.2. The highest BCUT2D eigenvalue weighted by molar-refractivity contribution is 5.97. The molecule has 0 bridgehead atoms. The quantitative estimate of drug-likeness (QED) is 0.626. The molecular formula is C18H22N2O5. The highest BCUT2D eigenvalue weighted by Gasteiger charge is 2.15. The number of morpholine rings is 1. The van der Waals surface area contributed by atoms with E-state index < -0.39 is 11.5 Å². The second-order valence-electron chi connectivity index (χ2n) is 5.89. The zero-order valence-corrected chi connectivity index (χ0v) is 14.2. The van der Waals surface area contributed by atoms with Crippen molar-refractivity contribution < 1.29 is 18.7 Å². The van der Waals surface area contributed by atoms with Gasteiger partial charge in [-0.05, 0) is 25.1 Å². The van der Waals surface area contributed by atoms with E-state index in [0.29, 0.717) is 23.3 Å². The molecule has 0 spiro atoms. The summed E-state index contributed by atoms with van der Waals surface area (Å²) in [5.74, 6) is 0.0486. The molecule has 134 valence electrons. The van der Waals surface area contributed by atoms with E-state index in [9.17, 15) is 9.59 Å². The van der Waals surface area contributed by atoms with Crippen LogP contribution >= 0.6 is 0 Å². The average Bonchev–Trinajstić information content (AvgIpc) is 2.65. The molecule has 7 nitrogen and oxygen atoms in total. The summed E-state index contributed by atoms with van der Waals surface area (Å²) < 4.78 is 15.7. The van der Waals surface area contributed by atoms with Gasteiger partial charge >= 0.3 is 5.63 Å². The number of methoxy groups -OCH3 is 1. The van der Waals surface area contributed by atoms with Crippen LogP contribution in [0.2, 0.25) is 0 Å². The monoisotopic (exact) mass is 346 g/mol. The molecule has 0 saturated carbocycles. The maximum Gasteiger partial charge on any atom is 0.349 e. The lowest BCUT2D eigenvalue weighted by Crippen LogP contribution is -2.38. The topological polar surface area (TPSA) is 81.0 Å². The summed E-state index contributed by atoms with van der Waals surface area (Å²) in [7, 11) is 1.50. The van der Waals surface area contributed by atoms with E-state index in [1.807, 2.05) is 0 Å². The minimum atomic E-state index is -0.664. The van der Waals surface area contributed by atoms with Crippen molar-refractivity contribution >= 4 is 16.9 Å².